The fraction of sp³-hybridized carbons (Fsp3) is 0.267. The highest BCUT2D eigenvalue weighted by atomic mass is 35.5. The standard InChI is InChI=1S/C15H15ClN2O/c1-2-3-4-11-5-7-12(8-6-11)15-17-9-13(10-18-15)14(16)19/h5-10H,2-4H2,1H3. The van der Waals surface area contributed by atoms with Crippen molar-refractivity contribution in [3.05, 3.63) is 47.8 Å². The molecule has 1 aromatic heterocycles. The zero-order chi connectivity index (χ0) is 13.7. The molecular formula is C15H15ClN2O. The van der Waals surface area contributed by atoms with Crippen LogP contribution in [0.1, 0.15) is 35.7 Å². The number of rotatable bonds is 5. The van der Waals surface area contributed by atoms with Gasteiger partial charge in [0.2, 0.25) is 0 Å². The maximum Gasteiger partial charge on any atom is 0.255 e. The van der Waals surface area contributed by atoms with E-state index in [1.807, 2.05) is 12.1 Å². The largest absolute Gasteiger partial charge is 0.275 e. The van der Waals surface area contributed by atoms with E-state index in [-0.39, 0.29) is 0 Å². The van der Waals surface area contributed by atoms with E-state index >= 15 is 0 Å². The minimum absolute atomic E-state index is 0.310. The molecule has 1 heterocycles. The quantitative estimate of drug-likeness (QED) is 0.778. The summed E-state index contributed by atoms with van der Waals surface area (Å²) in [6, 6.07) is 8.19. The lowest BCUT2D eigenvalue weighted by Gasteiger charge is -2.03. The zero-order valence-electron chi connectivity index (χ0n) is 10.8. The monoisotopic (exact) mass is 274 g/mol. The van der Waals surface area contributed by atoms with E-state index in [0.29, 0.717) is 11.4 Å². The fourth-order valence-electron chi connectivity index (χ4n) is 1.78. The Labute approximate surface area is 117 Å². The summed E-state index contributed by atoms with van der Waals surface area (Å²) >= 11 is 5.35. The van der Waals surface area contributed by atoms with Crippen LogP contribution in [0, 0.1) is 0 Å². The van der Waals surface area contributed by atoms with Crippen molar-refractivity contribution in [2.75, 3.05) is 0 Å². The second-order valence-corrected chi connectivity index (χ2v) is 4.71. The average Bonchev–Trinajstić information content (AvgIpc) is 2.46. The van der Waals surface area contributed by atoms with Crippen molar-refractivity contribution in [2.24, 2.45) is 0 Å². The number of aryl methyl sites for hydroxylation is 1. The van der Waals surface area contributed by atoms with Gasteiger partial charge >= 0.3 is 0 Å². The number of carbonyl (C=O) groups is 1. The van der Waals surface area contributed by atoms with Gasteiger partial charge in [-0.25, -0.2) is 9.97 Å². The molecule has 0 N–H and O–H groups in total. The number of nitrogens with zero attached hydrogens (tertiary/aromatic N) is 2. The normalized spacial score (nSPS) is 10.4. The van der Waals surface area contributed by atoms with Crippen LogP contribution in [0.5, 0.6) is 0 Å². The van der Waals surface area contributed by atoms with Gasteiger partial charge in [0.15, 0.2) is 5.82 Å². The number of hydrogen-bond acceptors (Lipinski definition) is 3. The van der Waals surface area contributed by atoms with E-state index in [2.05, 4.69) is 29.0 Å². The third-order valence-electron chi connectivity index (χ3n) is 2.91. The van der Waals surface area contributed by atoms with E-state index in [9.17, 15) is 4.79 Å². The lowest BCUT2D eigenvalue weighted by atomic mass is 10.1. The van der Waals surface area contributed by atoms with Crippen molar-refractivity contribution in [1.82, 2.24) is 9.97 Å². The maximum atomic E-state index is 10.9. The molecule has 2 aromatic rings. The molecule has 0 fully saturated rings. The highest BCUT2D eigenvalue weighted by Gasteiger charge is 2.05. The van der Waals surface area contributed by atoms with Crippen molar-refractivity contribution < 1.29 is 4.79 Å². The Morgan fingerprint density at radius 2 is 1.79 bits per heavy atom. The molecule has 0 aliphatic heterocycles. The molecule has 98 valence electrons. The van der Waals surface area contributed by atoms with Crippen molar-refractivity contribution in [1.29, 1.82) is 0 Å². The SMILES string of the molecule is CCCCc1ccc(-c2ncc(C(=O)Cl)cn2)cc1. The van der Waals surface area contributed by atoms with Crippen molar-refractivity contribution in [3.63, 3.8) is 0 Å². The van der Waals surface area contributed by atoms with Crippen molar-refractivity contribution >= 4 is 16.8 Å². The first kappa shape index (κ1) is 13.7. The number of unbranched alkanes of at least 4 members (excludes halogenated alkanes) is 1. The maximum absolute atomic E-state index is 10.9. The van der Waals surface area contributed by atoms with E-state index in [1.54, 1.807) is 0 Å². The van der Waals surface area contributed by atoms with Gasteiger partial charge in [0.05, 0.1) is 5.56 Å². The fourth-order valence-corrected chi connectivity index (χ4v) is 1.88. The summed E-state index contributed by atoms with van der Waals surface area (Å²) in [4.78, 5) is 19.2. The second-order valence-electron chi connectivity index (χ2n) is 4.37. The van der Waals surface area contributed by atoms with E-state index < -0.39 is 5.24 Å². The van der Waals surface area contributed by atoms with Gasteiger partial charge in [0.1, 0.15) is 0 Å². The Kier molecular flexibility index (Phi) is 4.63. The molecule has 0 saturated heterocycles. The Hall–Kier alpha value is -1.74. The van der Waals surface area contributed by atoms with Crippen LogP contribution >= 0.6 is 11.6 Å². The van der Waals surface area contributed by atoms with Gasteiger partial charge in [0, 0.05) is 18.0 Å². The molecule has 0 unspecified atom stereocenters. The molecule has 0 amide bonds. The van der Waals surface area contributed by atoms with Gasteiger partial charge in [-0.15, -0.1) is 0 Å². The van der Waals surface area contributed by atoms with E-state index in [0.717, 1.165) is 12.0 Å². The van der Waals surface area contributed by atoms with Gasteiger partial charge in [0.25, 0.3) is 5.24 Å². The molecule has 0 spiro atoms. The summed E-state index contributed by atoms with van der Waals surface area (Å²) in [6.45, 7) is 2.18. The summed E-state index contributed by atoms with van der Waals surface area (Å²) in [5, 5.41) is -0.540. The van der Waals surface area contributed by atoms with Crippen LogP contribution in [0.15, 0.2) is 36.7 Å². The molecule has 2 rings (SSSR count). The lowest BCUT2D eigenvalue weighted by Crippen LogP contribution is -1.95. The molecule has 0 bridgehead atoms. The first-order valence-corrected chi connectivity index (χ1v) is 6.69. The molecule has 0 saturated carbocycles. The molecule has 0 aliphatic rings. The molecule has 0 atom stereocenters. The minimum Gasteiger partial charge on any atom is -0.275 e. The predicted octanol–water partition coefficient (Wildman–Crippen LogP) is 3.87. The van der Waals surface area contributed by atoms with Crippen LogP contribution < -0.4 is 0 Å². The van der Waals surface area contributed by atoms with Crippen LogP contribution in [0.3, 0.4) is 0 Å². The van der Waals surface area contributed by atoms with Crippen molar-refractivity contribution in [2.45, 2.75) is 26.2 Å². The second kappa shape index (κ2) is 6.43. The van der Waals surface area contributed by atoms with E-state index in [4.69, 9.17) is 11.6 Å². The van der Waals surface area contributed by atoms with Crippen LogP contribution in [-0.4, -0.2) is 15.2 Å². The van der Waals surface area contributed by atoms with Crippen molar-refractivity contribution in [3.8, 4) is 11.4 Å². The van der Waals surface area contributed by atoms with Gasteiger partial charge < -0.3 is 0 Å². The summed E-state index contributed by atoms with van der Waals surface area (Å²) in [6.07, 6.45) is 6.38. The smallest absolute Gasteiger partial charge is 0.255 e. The number of benzene rings is 1. The van der Waals surface area contributed by atoms with Crippen LogP contribution in [0.4, 0.5) is 0 Å². The Morgan fingerprint density at radius 1 is 1.16 bits per heavy atom. The van der Waals surface area contributed by atoms with Gasteiger partial charge in [-0.2, -0.15) is 0 Å². The Balaban J connectivity index is 2.15. The predicted molar refractivity (Wildman–Crippen MR) is 76.3 cm³/mol. The summed E-state index contributed by atoms with van der Waals surface area (Å²) < 4.78 is 0. The molecule has 1 aromatic carbocycles. The third kappa shape index (κ3) is 3.61. The number of carbonyl (C=O) groups excluding carboxylic acids is 1. The van der Waals surface area contributed by atoms with Crippen LogP contribution in [0.25, 0.3) is 11.4 Å². The number of hydrogen-bond donors (Lipinski definition) is 0. The Morgan fingerprint density at radius 3 is 2.32 bits per heavy atom. The molecule has 19 heavy (non-hydrogen) atoms. The lowest BCUT2D eigenvalue weighted by molar-refractivity contribution is 0.108. The van der Waals surface area contributed by atoms with Crippen LogP contribution in [0.2, 0.25) is 0 Å². The zero-order valence-corrected chi connectivity index (χ0v) is 11.5. The minimum atomic E-state index is -0.540. The summed E-state index contributed by atoms with van der Waals surface area (Å²) in [7, 11) is 0. The molecule has 0 aliphatic carbocycles. The van der Waals surface area contributed by atoms with Gasteiger partial charge in [-0.05, 0) is 30.0 Å². The van der Waals surface area contributed by atoms with Gasteiger partial charge in [-0.1, -0.05) is 37.6 Å². The molecule has 4 heteroatoms. The van der Waals surface area contributed by atoms with Gasteiger partial charge in [-0.3, -0.25) is 4.79 Å². The highest BCUT2D eigenvalue weighted by Crippen LogP contribution is 2.16. The Bertz CT molecular complexity index is 549. The third-order valence-corrected chi connectivity index (χ3v) is 3.13. The summed E-state index contributed by atoms with van der Waals surface area (Å²) in [5.41, 5.74) is 2.57. The number of halogens is 1. The molecule has 0 radical (unpaired) electrons. The van der Waals surface area contributed by atoms with E-state index in [1.165, 1.54) is 30.8 Å². The molecule has 3 nitrogen and oxygen atoms in total. The van der Waals surface area contributed by atoms with Crippen LogP contribution in [-0.2, 0) is 6.42 Å². The first-order valence-electron chi connectivity index (χ1n) is 6.32. The first-order chi connectivity index (χ1) is 9.20. The average molecular weight is 275 g/mol. The number of aromatic nitrogens is 2. The summed E-state index contributed by atoms with van der Waals surface area (Å²) in [5.74, 6) is 0.601. The topological polar surface area (TPSA) is 42.9 Å². The highest BCUT2D eigenvalue weighted by molar-refractivity contribution is 6.67. The molecular weight excluding hydrogens is 260 g/mol.